The van der Waals surface area contributed by atoms with E-state index in [0.29, 0.717) is 0 Å². The summed E-state index contributed by atoms with van der Waals surface area (Å²) in [6.45, 7) is 3.77. The van der Waals surface area contributed by atoms with Crippen LogP contribution in [0.3, 0.4) is 0 Å². The predicted octanol–water partition coefficient (Wildman–Crippen LogP) is 3.49. The molecule has 0 saturated carbocycles. The predicted molar refractivity (Wildman–Crippen MR) is 84.9 cm³/mol. The van der Waals surface area contributed by atoms with Gasteiger partial charge in [-0.25, -0.2) is 4.39 Å². The number of carbonyl (C=O) groups excluding carboxylic acids is 1. The van der Waals surface area contributed by atoms with Crippen molar-refractivity contribution < 1.29 is 13.9 Å². The Morgan fingerprint density at radius 3 is 2.36 bits per heavy atom. The highest BCUT2D eigenvalue weighted by Crippen LogP contribution is 2.25. The third kappa shape index (κ3) is 3.92. The molecule has 0 spiro atoms. The molecular formula is C18H20FNO2. The minimum Gasteiger partial charge on any atom is -0.462 e. The van der Waals surface area contributed by atoms with Gasteiger partial charge in [-0.2, -0.15) is 0 Å². The number of hydrogen-bond acceptors (Lipinski definition) is 3. The number of hydrogen-bond donors (Lipinski definition) is 1. The van der Waals surface area contributed by atoms with Gasteiger partial charge < -0.3 is 10.5 Å². The van der Waals surface area contributed by atoms with Gasteiger partial charge in [-0.1, -0.05) is 36.4 Å². The van der Waals surface area contributed by atoms with Crippen LogP contribution in [0.15, 0.2) is 48.5 Å². The summed E-state index contributed by atoms with van der Waals surface area (Å²) in [7, 11) is 0. The van der Waals surface area contributed by atoms with E-state index in [1.165, 1.54) is 12.1 Å². The molecule has 0 aliphatic carbocycles. The maximum atomic E-state index is 13.4. The molecule has 22 heavy (non-hydrogen) atoms. The number of carbonyl (C=O) groups is 1. The van der Waals surface area contributed by atoms with Crippen molar-refractivity contribution in [1.29, 1.82) is 0 Å². The minimum absolute atomic E-state index is 0.165. The maximum absolute atomic E-state index is 13.4. The standard InChI is InChI=1S/C18H20FNO2/c1-12(2)22-18(21)17(11-20)15-7-3-5-13(9-15)14-6-4-8-16(19)10-14/h3-10,12,17H,11,20H2,1-2H3. The van der Waals surface area contributed by atoms with Crippen molar-refractivity contribution in [3.05, 3.63) is 59.9 Å². The van der Waals surface area contributed by atoms with Crippen molar-refractivity contribution in [2.24, 2.45) is 5.73 Å². The van der Waals surface area contributed by atoms with Crippen LogP contribution in [0, 0.1) is 5.82 Å². The van der Waals surface area contributed by atoms with Gasteiger partial charge in [0.25, 0.3) is 0 Å². The number of ether oxygens (including phenoxy) is 1. The van der Waals surface area contributed by atoms with E-state index >= 15 is 0 Å². The summed E-state index contributed by atoms with van der Waals surface area (Å²) in [5, 5.41) is 0. The van der Waals surface area contributed by atoms with Gasteiger partial charge in [-0.15, -0.1) is 0 Å². The van der Waals surface area contributed by atoms with Gasteiger partial charge in [-0.3, -0.25) is 4.79 Å². The molecule has 0 heterocycles. The SMILES string of the molecule is CC(C)OC(=O)C(CN)c1cccc(-c2cccc(F)c2)c1. The Bertz CT molecular complexity index is 655. The first-order valence-electron chi connectivity index (χ1n) is 7.27. The van der Waals surface area contributed by atoms with Gasteiger partial charge in [0.05, 0.1) is 12.0 Å². The second-order valence-corrected chi connectivity index (χ2v) is 5.41. The summed E-state index contributed by atoms with van der Waals surface area (Å²) in [6.07, 6.45) is -0.187. The topological polar surface area (TPSA) is 52.3 Å². The molecule has 0 radical (unpaired) electrons. The Morgan fingerprint density at radius 2 is 1.77 bits per heavy atom. The van der Waals surface area contributed by atoms with E-state index in [9.17, 15) is 9.18 Å². The second-order valence-electron chi connectivity index (χ2n) is 5.41. The van der Waals surface area contributed by atoms with E-state index in [0.717, 1.165) is 16.7 Å². The summed E-state index contributed by atoms with van der Waals surface area (Å²) >= 11 is 0. The number of benzene rings is 2. The lowest BCUT2D eigenvalue weighted by Gasteiger charge is -2.17. The summed E-state index contributed by atoms with van der Waals surface area (Å²) in [6, 6.07) is 13.7. The van der Waals surface area contributed by atoms with E-state index in [1.807, 2.05) is 30.3 Å². The van der Waals surface area contributed by atoms with E-state index in [2.05, 4.69) is 0 Å². The molecule has 0 fully saturated rings. The summed E-state index contributed by atoms with van der Waals surface area (Å²) in [4.78, 5) is 12.1. The van der Waals surface area contributed by atoms with Crippen molar-refractivity contribution in [3.63, 3.8) is 0 Å². The molecule has 2 N–H and O–H groups in total. The van der Waals surface area contributed by atoms with Crippen molar-refractivity contribution in [1.82, 2.24) is 0 Å². The zero-order valence-corrected chi connectivity index (χ0v) is 12.8. The van der Waals surface area contributed by atoms with E-state index < -0.39 is 5.92 Å². The Balaban J connectivity index is 2.32. The largest absolute Gasteiger partial charge is 0.462 e. The van der Waals surface area contributed by atoms with Gasteiger partial charge in [-0.05, 0) is 42.7 Å². The Hall–Kier alpha value is -2.20. The molecule has 2 aromatic carbocycles. The third-order valence-electron chi connectivity index (χ3n) is 3.32. The quantitative estimate of drug-likeness (QED) is 0.860. The van der Waals surface area contributed by atoms with Crippen molar-refractivity contribution in [2.45, 2.75) is 25.9 Å². The van der Waals surface area contributed by atoms with Crippen LogP contribution < -0.4 is 5.73 Å². The lowest BCUT2D eigenvalue weighted by Crippen LogP contribution is -2.25. The first-order valence-corrected chi connectivity index (χ1v) is 7.27. The molecule has 0 aliphatic heterocycles. The van der Waals surface area contributed by atoms with E-state index in [-0.39, 0.29) is 24.4 Å². The summed E-state index contributed by atoms with van der Waals surface area (Å²) < 4.78 is 18.6. The lowest BCUT2D eigenvalue weighted by molar-refractivity contribution is -0.149. The van der Waals surface area contributed by atoms with Crippen molar-refractivity contribution in [3.8, 4) is 11.1 Å². The van der Waals surface area contributed by atoms with Crippen LogP contribution >= 0.6 is 0 Å². The molecular weight excluding hydrogens is 281 g/mol. The fourth-order valence-corrected chi connectivity index (χ4v) is 2.29. The average molecular weight is 301 g/mol. The number of nitrogens with two attached hydrogens (primary N) is 1. The van der Waals surface area contributed by atoms with Crippen LogP contribution in [0.1, 0.15) is 25.3 Å². The highest BCUT2D eigenvalue weighted by atomic mass is 19.1. The number of esters is 1. The van der Waals surface area contributed by atoms with Crippen LogP contribution in [-0.2, 0) is 9.53 Å². The second kappa shape index (κ2) is 7.18. The molecule has 1 unspecified atom stereocenters. The van der Waals surface area contributed by atoms with Crippen molar-refractivity contribution >= 4 is 5.97 Å². The zero-order chi connectivity index (χ0) is 16.1. The van der Waals surface area contributed by atoms with Gasteiger partial charge in [0.1, 0.15) is 5.82 Å². The highest BCUT2D eigenvalue weighted by molar-refractivity contribution is 5.79. The molecule has 116 valence electrons. The zero-order valence-electron chi connectivity index (χ0n) is 12.8. The fourth-order valence-electron chi connectivity index (χ4n) is 2.29. The monoisotopic (exact) mass is 301 g/mol. The fraction of sp³-hybridized carbons (Fsp3) is 0.278. The first kappa shape index (κ1) is 16.2. The third-order valence-corrected chi connectivity index (χ3v) is 3.32. The van der Waals surface area contributed by atoms with Crippen LogP contribution in [0.2, 0.25) is 0 Å². The lowest BCUT2D eigenvalue weighted by atomic mass is 9.95. The van der Waals surface area contributed by atoms with Crippen LogP contribution in [0.25, 0.3) is 11.1 Å². The smallest absolute Gasteiger partial charge is 0.314 e. The molecule has 4 heteroatoms. The Kier molecular flexibility index (Phi) is 5.28. The first-order chi connectivity index (χ1) is 10.5. The Morgan fingerprint density at radius 1 is 1.14 bits per heavy atom. The maximum Gasteiger partial charge on any atom is 0.314 e. The summed E-state index contributed by atoms with van der Waals surface area (Å²) in [5.74, 6) is -1.15. The van der Waals surface area contributed by atoms with E-state index in [1.54, 1.807) is 19.9 Å². The Labute approximate surface area is 129 Å². The van der Waals surface area contributed by atoms with E-state index in [4.69, 9.17) is 10.5 Å². The molecule has 0 aliphatic rings. The average Bonchev–Trinajstić information content (AvgIpc) is 2.47. The molecule has 0 saturated heterocycles. The molecule has 2 rings (SSSR count). The normalized spacial score (nSPS) is 12.2. The minimum atomic E-state index is -0.518. The van der Waals surface area contributed by atoms with Gasteiger partial charge in [0, 0.05) is 6.54 Å². The molecule has 0 bridgehead atoms. The number of rotatable bonds is 5. The molecule has 0 aromatic heterocycles. The van der Waals surface area contributed by atoms with Crippen LogP contribution in [0.4, 0.5) is 4.39 Å². The highest BCUT2D eigenvalue weighted by Gasteiger charge is 2.22. The molecule has 1 atom stereocenters. The van der Waals surface area contributed by atoms with Gasteiger partial charge in [0.2, 0.25) is 0 Å². The number of halogens is 1. The van der Waals surface area contributed by atoms with Gasteiger partial charge in [0.15, 0.2) is 0 Å². The van der Waals surface area contributed by atoms with Crippen LogP contribution in [-0.4, -0.2) is 18.6 Å². The van der Waals surface area contributed by atoms with Crippen molar-refractivity contribution in [2.75, 3.05) is 6.54 Å². The molecule has 0 amide bonds. The summed E-state index contributed by atoms with van der Waals surface area (Å²) in [5.41, 5.74) is 8.11. The molecule has 3 nitrogen and oxygen atoms in total. The van der Waals surface area contributed by atoms with Crippen LogP contribution in [0.5, 0.6) is 0 Å². The molecule has 2 aromatic rings. The van der Waals surface area contributed by atoms with Gasteiger partial charge >= 0.3 is 5.97 Å².